The minimum atomic E-state index is -0.233. The number of alkyl halides is 1. The molecule has 0 fully saturated rings. The third-order valence-corrected chi connectivity index (χ3v) is 3.53. The van der Waals surface area contributed by atoms with Crippen LogP contribution in [0.3, 0.4) is 0 Å². The van der Waals surface area contributed by atoms with E-state index in [4.69, 9.17) is 16.3 Å². The van der Waals surface area contributed by atoms with Crippen molar-refractivity contribution in [2.45, 2.75) is 53.1 Å². The first kappa shape index (κ1) is 21.3. The van der Waals surface area contributed by atoms with Crippen LogP contribution in [0.5, 0.6) is 0 Å². The van der Waals surface area contributed by atoms with Gasteiger partial charge in [0.05, 0.1) is 25.5 Å². The predicted molar refractivity (Wildman–Crippen MR) is 76.9 cm³/mol. The molecule has 0 aromatic rings. The number of quaternary nitrogens is 1. The topological polar surface area (TPSA) is 26.3 Å². The van der Waals surface area contributed by atoms with Crippen molar-refractivity contribution in [3.05, 3.63) is 0 Å². The van der Waals surface area contributed by atoms with Gasteiger partial charge in [0.2, 0.25) is 0 Å². The molecule has 3 nitrogen and oxygen atoms in total. The Morgan fingerprint density at radius 2 is 1.53 bits per heavy atom. The second-order valence-electron chi connectivity index (χ2n) is 5.08. The summed E-state index contributed by atoms with van der Waals surface area (Å²) in [5, 5.41) is 0. The van der Waals surface area contributed by atoms with Gasteiger partial charge in [-0.25, -0.2) is 0 Å². The molecule has 0 N–H and O–H groups in total. The SMILES string of the molecule is CCC[N+](CCC)(CCC)CC(CCl)OC(C)=O.[Cl-]. The van der Waals surface area contributed by atoms with Crippen LogP contribution in [0.4, 0.5) is 0 Å². The van der Waals surface area contributed by atoms with Crippen LogP contribution in [0.25, 0.3) is 0 Å². The molecule has 0 rings (SSSR count). The Balaban J connectivity index is 0. The number of halogens is 2. The third kappa shape index (κ3) is 8.72. The van der Waals surface area contributed by atoms with E-state index in [0.717, 1.165) is 49.9 Å². The molecule has 0 spiro atoms. The van der Waals surface area contributed by atoms with E-state index in [1.54, 1.807) is 0 Å². The van der Waals surface area contributed by atoms with Crippen LogP contribution in [-0.2, 0) is 9.53 Å². The fourth-order valence-corrected chi connectivity index (χ4v) is 2.98. The van der Waals surface area contributed by atoms with Crippen LogP contribution >= 0.6 is 11.6 Å². The molecule has 116 valence electrons. The van der Waals surface area contributed by atoms with Gasteiger partial charge < -0.3 is 21.6 Å². The van der Waals surface area contributed by atoms with Crippen LogP contribution in [0, 0.1) is 0 Å². The normalized spacial score (nSPS) is 12.7. The van der Waals surface area contributed by atoms with Gasteiger partial charge >= 0.3 is 5.97 Å². The van der Waals surface area contributed by atoms with Crippen molar-refractivity contribution in [1.82, 2.24) is 0 Å². The van der Waals surface area contributed by atoms with Gasteiger partial charge in [-0.05, 0) is 19.3 Å². The Morgan fingerprint density at radius 3 is 1.79 bits per heavy atom. The highest BCUT2D eigenvalue weighted by Crippen LogP contribution is 2.15. The van der Waals surface area contributed by atoms with Crippen LogP contribution in [0.2, 0.25) is 0 Å². The van der Waals surface area contributed by atoms with Crippen molar-refractivity contribution in [3.8, 4) is 0 Å². The molecule has 0 aliphatic heterocycles. The van der Waals surface area contributed by atoms with Crippen molar-refractivity contribution in [2.24, 2.45) is 0 Å². The highest BCUT2D eigenvalue weighted by molar-refractivity contribution is 6.18. The molecule has 19 heavy (non-hydrogen) atoms. The Hall–Kier alpha value is 0.01000. The molecule has 0 heterocycles. The summed E-state index contributed by atoms with van der Waals surface area (Å²) < 4.78 is 6.33. The number of carbonyl (C=O) groups excluding carboxylic acids is 1. The van der Waals surface area contributed by atoms with E-state index in [-0.39, 0.29) is 24.5 Å². The predicted octanol–water partition coefficient (Wildman–Crippen LogP) is 0.208. The Bertz CT molecular complexity index is 220. The van der Waals surface area contributed by atoms with E-state index in [1.165, 1.54) is 6.92 Å². The van der Waals surface area contributed by atoms with Crippen molar-refractivity contribution in [3.63, 3.8) is 0 Å². The molecule has 0 saturated heterocycles. The lowest BCUT2D eigenvalue weighted by Gasteiger charge is -2.40. The first-order chi connectivity index (χ1) is 8.53. The van der Waals surface area contributed by atoms with Crippen molar-refractivity contribution in [2.75, 3.05) is 32.1 Å². The van der Waals surface area contributed by atoms with Crippen LogP contribution in [0.15, 0.2) is 0 Å². The zero-order valence-corrected chi connectivity index (χ0v) is 14.3. The van der Waals surface area contributed by atoms with Gasteiger partial charge in [0.1, 0.15) is 6.54 Å². The summed E-state index contributed by atoms with van der Waals surface area (Å²) in [5.74, 6) is 0.153. The van der Waals surface area contributed by atoms with E-state index in [1.807, 2.05) is 0 Å². The molecule has 0 saturated carbocycles. The first-order valence-electron chi connectivity index (χ1n) is 7.11. The van der Waals surface area contributed by atoms with Gasteiger partial charge in [-0.2, -0.15) is 0 Å². The molecule has 0 aliphatic rings. The lowest BCUT2D eigenvalue weighted by atomic mass is 10.2. The summed E-state index contributed by atoms with van der Waals surface area (Å²) in [6.45, 7) is 12.3. The molecule has 5 heteroatoms. The molecule has 1 unspecified atom stereocenters. The maximum absolute atomic E-state index is 11.1. The molecular formula is C14H29Cl2NO2. The molecule has 0 bridgehead atoms. The van der Waals surface area contributed by atoms with Gasteiger partial charge in [0, 0.05) is 6.92 Å². The summed E-state index contributed by atoms with van der Waals surface area (Å²) in [6, 6.07) is 0. The Kier molecular flexibility index (Phi) is 13.2. The Labute approximate surface area is 129 Å². The number of esters is 1. The minimum Gasteiger partial charge on any atom is -1.00 e. The number of hydrogen-bond acceptors (Lipinski definition) is 2. The highest BCUT2D eigenvalue weighted by Gasteiger charge is 2.30. The van der Waals surface area contributed by atoms with E-state index in [0.29, 0.717) is 5.88 Å². The lowest BCUT2D eigenvalue weighted by molar-refractivity contribution is -0.930. The van der Waals surface area contributed by atoms with Gasteiger partial charge in [0.25, 0.3) is 0 Å². The van der Waals surface area contributed by atoms with Crippen molar-refractivity contribution in [1.29, 1.82) is 0 Å². The first-order valence-corrected chi connectivity index (χ1v) is 7.65. The number of rotatable bonds is 10. The highest BCUT2D eigenvalue weighted by atomic mass is 35.5. The van der Waals surface area contributed by atoms with Crippen molar-refractivity contribution < 1.29 is 26.4 Å². The molecule has 0 radical (unpaired) electrons. The maximum atomic E-state index is 11.1. The summed E-state index contributed by atoms with van der Waals surface area (Å²) in [6.07, 6.45) is 3.29. The second kappa shape index (κ2) is 11.8. The van der Waals surface area contributed by atoms with Gasteiger partial charge in [-0.1, -0.05) is 20.8 Å². The summed E-state index contributed by atoms with van der Waals surface area (Å²) in [7, 11) is 0. The number of nitrogens with zero attached hydrogens (tertiary/aromatic N) is 1. The summed E-state index contributed by atoms with van der Waals surface area (Å²) in [4.78, 5) is 11.1. The van der Waals surface area contributed by atoms with E-state index >= 15 is 0 Å². The smallest absolute Gasteiger partial charge is 0.303 e. The largest absolute Gasteiger partial charge is 1.00 e. The molecular weight excluding hydrogens is 285 g/mol. The van der Waals surface area contributed by atoms with Gasteiger partial charge in [0.15, 0.2) is 6.10 Å². The zero-order chi connectivity index (χ0) is 14.0. The Morgan fingerprint density at radius 1 is 1.11 bits per heavy atom. The fraction of sp³-hybridized carbons (Fsp3) is 0.929. The van der Waals surface area contributed by atoms with E-state index in [2.05, 4.69) is 20.8 Å². The monoisotopic (exact) mass is 313 g/mol. The lowest BCUT2D eigenvalue weighted by Crippen LogP contribution is -3.00. The average molecular weight is 314 g/mol. The summed E-state index contributed by atoms with van der Waals surface area (Å²) >= 11 is 5.93. The quantitative estimate of drug-likeness (QED) is 0.327. The van der Waals surface area contributed by atoms with E-state index in [9.17, 15) is 4.79 Å². The van der Waals surface area contributed by atoms with Crippen LogP contribution in [0.1, 0.15) is 47.0 Å². The number of carbonyl (C=O) groups is 1. The standard InChI is InChI=1S/C14H29ClNO2.ClH/c1-5-8-16(9-6-2,10-7-3)12-14(11-15)18-13(4)17;/h14H,5-12H2,1-4H3;1H/q+1;/p-1. The second-order valence-corrected chi connectivity index (χ2v) is 5.39. The molecule has 0 aromatic heterocycles. The molecule has 1 atom stereocenters. The molecule has 0 aromatic carbocycles. The van der Waals surface area contributed by atoms with Gasteiger partial charge in [-0.3, -0.25) is 4.79 Å². The number of ether oxygens (including phenoxy) is 1. The average Bonchev–Trinajstić information content (AvgIpc) is 2.28. The molecule has 0 aliphatic carbocycles. The number of hydrogen-bond donors (Lipinski definition) is 0. The minimum absolute atomic E-state index is 0. The van der Waals surface area contributed by atoms with E-state index < -0.39 is 0 Å². The van der Waals surface area contributed by atoms with Gasteiger partial charge in [-0.15, -0.1) is 11.6 Å². The molecule has 0 amide bonds. The van der Waals surface area contributed by atoms with Crippen molar-refractivity contribution >= 4 is 17.6 Å². The summed E-state index contributed by atoms with van der Waals surface area (Å²) in [5.41, 5.74) is 0. The van der Waals surface area contributed by atoms with Crippen LogP contribution in [-0.4, -0.2) is 48.6 Å². The van der Waals surface area contributed by atoms with Crippen LogP contribution < -0.4 is 12.4 Å². The fourth-order valence-electron chi connectivity index (χ4n) is 2.82. The third-order valence-electron chi connectivity index (χ3n) is 3.19. The maximum Gasteiger partial charge on any atom is 0.303 e. The zero-order valence-electron chi connectivity index (χ0n) is 12.8.